The topological polar surface area (TPSA) is 23.6 Å². The largest absolute Gasteiger partial charge is 0.272 e. The van der Waals surface area contributed by atoms with Crippen molar-refractivity contribution in [1.29, 1.82) is 0 Å². The minimum atomic E-state index is -0.0946. The number of nitrogens with zero attached hydrogens (tertiary/aromatic N) is 2. The highest BCUT2D eigenvalue weighted by Crippen LogP contribution is 2.30. The molecule has 0 aromatic heterocycles. The average Bonchev–Trinajstić information content (AvgIpc) is 1.75. The third-order valence-electron chi connectivity index (χ3n) is 2.17. The zero-order valence-electron chi connectivity index (χ0n) is 9.51. The van der Waals surface area contributed by atoms with Crippen LogP contribution in [0.2, 0.25) is 0 Å². The van der Waals surface area contributed by atoms with Gasteiger partial charge >= 0.3 is 0 Å². The second-order valence-corrected chi connectivity index (χ2v) is 5.60. The molecule has 3 heteroatoms. The van der Waals surface area contributed by atoms with E-state index in [0.29, 0.717) is 6.54 Å². The molecular formula is C10H20N2O. The highest BCUT2D eigenvalue weighted by atomic mass is 16.2. The van der Waals surface area contributed by atoms with Crippen molar-refractivity contribution >= 4 is 5.91 Å². The van der Waals surface area contributed by atoms with Gasteiger partial charge in [-0.3, -0.25) is 9.80 Å². The molecule has 0 spiro atoms. The molecule has 0 unspecified atom stereocenters. The van der Waals surface area contributed by atoms with Gasteiger partial charge in [-0.15, -0.1) is 0 Å². The third-order valence-corrected chi connectivity index (χ3v) is 2.17. The Labute approximate surface area is 80.7 Å². The monoisotopic (exact) mass is 184 g/mol. The van der Waals surface area contributed by atoms with Crippen LogP contribution in [0.4, 0.5) is 0 Å². The fourth-order valence-electron chi connectivity index (χ4n) is 1.60. The van der Waals surface area contributed by atoms with Crippen molar-refractivity contribution < 1.29 is 4.79 Å². The molecule has 1 amide bonds. The summed E-state index contributed by atoms with van der Waals surface area (Å²) >= 11 is 0. The first-order chi connectivity index (χ1) is 5.64. The minimum absolute atomic E-state index is 0.0428. The van der Waals surface area contributed by atoms with Crippen LogP contribution in [0.5, 0.6) is 0 Å². The molecule has 0 aromatic rings. The Morgan fingerprint density at radius 1 is 1.00 bits per heavy atom. The lowest BCUT2D eigenvalue weighted by Crippen LogP contribution is -2.72. The lowest BCUT2D eigenvalue weighted by atomic mass is 10.0. The zero-order valence-corrected chi connectivity index (χ0v) is 9.51. The van der Waals surface area contributed by atoms with Crippen molar-refractivity contribution in [2.24, 2.45) is 0 Å². The Balaban J connectivity index is 2.79. The molecule has 1 saturated heterocycles. The smallest absolute Gasteiger partial charge is 0.253 e. The fraction of sp³-hybridized carbons (Fsp3) is 0.900. The van der Waals surface area contributed by atoms with E-state index in [1.807, 2.05) is 5.01 Å². The van der Waals surface area contributed by atoms with E-state index in [4.69, 9.17) is 0 Å². The van der Waals surface area contributed by atoms with Crippen molar-refractivity contribution in [2.45, 2.75) is 52.6 Å². The Bertz CT molecular complexity index is 222. The van der Waals surface area contributed by atoms with Crippen LogP contribution in [0.3, 0.4) is 0 Å². The molecule has 0 N–H and O–H groups in total. The third kappa shape index (κ3) is 1.85. The first-order valence-electron chi connectivity index (χ1n) is 4.74. The van der Waals surface area contributed by atoms with E-state index < -0.39 is 0 Å². The highest BCUT2D eigenvalue weighted by molar-refractivity contribution is 5.83. The molecule has 1 heterocycles. The van der Waals surface area contributed by atoms with Gasteiger partial charge < -0.3 is 0 Å². The van der Waals surface area contributed by atoms with E-state index in [1.165, 1.54) is 0 Å². The van der Waals surface area contributed by atoms with Crippen LogP contribution in [-0.4, -0.2) is 33.5 Å². The molecule has 0 aliphatic carbocycles. The van der Waals surface area contributed by atoms with Gasteiger partial charge in [0.25, 0.3) is 5.91 Å². The van der Waals surface area contributed by atoms with Gasteiger partial charge in [-0.1, -0.05) is 0 Å². The predicted octanol–water partition coefficient (Wildman–Crippen LogP) is 1.64. The van der Waals surface area contributed by atoms with Crippen molar-refractivity contribution in [1.82, 2.24) is 10.0 Å². The summed E-state index contributed by atoms with van der Waals surface area (Å²) in [7, 11) is 0. The number of hydrogen-bond donors (Lipinski definition) is 0. The molecule has 1 aliphatic heterocycles. The molecule has 0 radical (unpaired) electrons. The van der Waals surface area contributed by atoms with E-state index in [2.05, 4.69) is 46.6 Å². The molecule has 3 nitrogen and oxygen atoms in total. The Hall–Kier alpha value is -0.570. The Morgan fingerprint density at radius 3 is 1.62 bits per heavy atom. The maximum atomic E-state index is 11.4. The first-order valence-corrected chi connectivity index (χ1v) is 4.74. The molecule has 0 bridgehead atoms. The summed E-state index contributed by atoms with van der Waals surface area (Å²) in [5.41, 5.74) is -0.0518. The van der Waals surface area contributed by atoms with E-state index in [0.717, 1.165) is 0 Å². The van der Waals surface area contributed by atoms with Crippen molar-refractivity contribution in [3.05, 3.63) is 0 Å². The van der Waals surface area contributed by atoms with Gasteiger partial charge in [0.2, 0.25) is 0 Å². The molecule has 0 saturated carbocycles. The number of amides is 1. The normalized spacial score (nSPS) is 20.5. The standard InChI is InChI=1S/C10H20N2O/c1-9(2,3)11-7-8(13)12(11)10(4,5)6/h7H2,1-6H3. The Kier molecular flexibility index (Phi) is 2.19. The van der Waals surface area contributed by atoms with Crippen LogP contribution in [0.1, 0.15) is 41.5 Å². The van der Waals surface area contributed by atoms with Crippen LogP contribution < -0.4 is 0 Å². The van der Waals surface area contributed by atoms with Crippen LogP contribution >= 0.6 is 0 Å². The highest BCUT2D eigenvalue weighted by Gasteiger charge is 2.46. The number of carbonyl (C=O) groups excluding carboxylic acids is 1. The van der Waals surface area contributed by atoms with Gasteiger partial charge in [-0.05, 0) is 41.5 Å². The summed E-state index contributed by atoms with van der Waals surface area (Å²) in [6.45, 7) is 13.1. The number of carbonyl (C=O) groups is 1. The Morgan fingerprint density at radius 2 is 1.46 bits per heavy atom. The molecule has 1 rings (SSSR count). The van der Waals surface area contributed by atoms with Gasteiger partial charge in [0.05, 0.1) is 12.1 Å². The summed E-state index contributed by atoms with van der Waals surface area (Å²) in [6.07, 6.45) is 0. The molecular weight excluding hydrogens is 164 g/mol. The molecule has 0 aromatic carbocycles. The maximum Gasteiger partial charge on any atom is 0.253 e. The van der Waals surface area contributed by atoms with Crippen molar-refractivity contribution in [3.63, 3.8) is 0 Å². The lowest BCUT2D eigenvalue weighted by molar-refractivity contribution is -0.216. The van der Waals surface area contributed by atoms with Crippen LogP contribution in [0.25, 0.3) is 0 Å². The fourth-order valence-corrected chi connectivity index (χ4v) is 1.60. The van der Waals surface area contributed by atoms with Crippen LogP contribution in [-0.2, 0) is 4.79 Å². The number of hydrogen-bond acceptors (Lipinski definition) is 2. The SMILES string of the molecule is CC(C)(C)N1CC(=O)N1C(C)(C)C. The second kappa shape index (κ2) is 2.71. The van der Waals surface area contributed by atoms with Crippen molar-refractivity contribution in [3.8, 4) is 0 Å². The summed E-state index contributed by atoms with van der Waals surface area (Å²) in [5, 5.41) is 3.97. The van der Waals surface area contributed by atoms with Crippen LogP contribution in [0.15, 0.2) is 0 Å². The summed E-state index contributed by atoms with van der Waals surface area (Å²) in [5.74, 6) is 0.224. The van der Waals surface area contributed by atoms with Gasteiger partial charge in [0.15, 0.2) is 0 Å². The molecule has 1 aliphatic rings. The zero-order chi connectivity index (χ0) is 10.4. The lowest BCUT2D eigenvalue weighted by Gasteiger charge is -2.56. The summed E-state index contributed by atoms with van der Waals surface area (Å²) < 4.78 is 0. The van der Waals surface area contributed by atoms with Gasteiger partial charge in [0, 0.05) is 5.54 Å². The van der Waals surface area contributed by atoms with Gasteiger partial charge in [0.1, 0.15) is 0 Å². The predicted molar refractivity (Wildman–Crippen MR) is 53.1 cm³/mol. The second-order valence-electron chi connectivity index (χ2n) is 5.60. The number of rotatable bonds is 0. The maximum absolute atomic E-state index is 11.4. The molecule has 13 heavy (non-hydrogen) atoms. The molecule has 76 valence electrons. The molecule has 1 fully saturated rings. The number of hydrazine groups is 1. The van der Waals surface area contributed by atoms with Crippen molar-refractivity contribution in [2.75, 3.05) is 6.54 Å². The first kappa shape index (κ1) is 10.5. The van der Waals surface area contributed by atoms with Gasteiger partial charge in [-0.25, -0.2) is 5.01 Å². The quantitative estimate of drug-likeness (QED) is 0.571. The summed E-state index contributed by atoms with van der Waals surface area (Å²) in [6, 6.07) is 0. The molecule has 0 atom stereocenters. The van der Waals surface area contributed by atoms with E-state index in [9.17, 15) is 4.79 Å². The minimum Gasteiger partial charge on any atom is -0.272 e. The van der Waals surface area contributed by atoms with Gasteiger partial charge in [-0.2, -0.15) is 0 Å². The van der Waals surface area contributed by atoms with E-state index >= 15 is 0 Å². The van der Waals surface area contributed by atoms with E-state index in [1.54, 1.807) is 0 Å². The summed E-state index contributed by atoms with van der Waals surface area (Å²) in [4.78, 5) is 11.4. The van der Waals surface area contributed by atoms with Crippen LogP contribution in [0, 0.1) is 0 Å². The van der Waals surface area contributed by atoms with E-state index in [-0.39, 0.29) is 17.0 Å². The average molecular weight is 184 g/mol.